The maximum atomic E-state index is 5.12. The molecule has 0 atom stereocenters. The second-order valence-electron chi connectivity index (χ2n) is 12.6. The fourth-order valence-electron chi connectivity index (χ4n) is 7.60. The number of aromatic nitrogens is 3. The van der Waals surface area contributed by atoms with E-state index in [1.807, 2.05) is 6.07 Å². The van der Waals surface area contributed by atoms with Gasteiger partial charge in [-0.05, 0) is 80.2 Å². The molecule has 49 heavy (non-hydrogen) atoms. The van der Waals surface area contributed by atoms with Gasteiger partial charge in [0, 0.05) is 33.6 Å². The van der Waals surface area contributed by atoms with E-state index in [-0.39, 0.29) is 0 Å². The molecule has 3 nitrogen and oxygen atoms in total. The number of imidazole rings is 1. The van der Waals surface area contributed by atoms with Crippen LogP contribution in [0.2, 0.25) is 0 Å². The zero-order valence-electron chi connectivity index (χ0n) is 26.6. The van der Waals surface area contributed by atoms with E-state index in [9.17, 15) is 0 Å². The van der Waals surface area contributed by atoms with Gasteiger partial charge >= 0.3 is 0 Å². The zero-order chi connectivity index (χ0) is 32.3. The van der Waals surface area contributed by atoms with Gasteiger partial charge in [-0.15, -0.1) is 0 Å². The molecule has 0 N–H and O–H groups in total. The minimum Gasteiger partial charge on any atom is -0.292 e. The van der Waals surface area contributed by atoms with Crippen LogP contribution in [-0.4, -0.2) is 14.5 Å². The lowest BCUT2D eigenvalue weighted by Gasteiger charge is -2.19. The Morgan fingerprint density at radius 3 is 1.84 bits per heavy atom. The predicted molar refractivity (Wildman–Crippen MR) is 205 cm³/mol. The Kier molecular flexibility index (Phi) is 6.18. The van der Waals surface area contributed by atoms with Gasteiger partial charge in [0.2, 0.25) is 0 Å². The highest BCUT2D eigenvalue weighted by atomic mass is 15.1. The van der Waals surface area contributed by atoms with Crippen LogP contribution in [0.5, 0.6) is 0 Å². The summed E-state index contributed by atoms with van der Waals surface area (Å²) >= 11 is 0. The third-order valence-corrected chi connectivity index (χ3v) is 9.81. The first-order valence-electron chi connectivity index (χ1n) is 16.7. The van der Waals surface area contributed by atoms with Crippen LogP contribution in [0.1, 0.15) is 0 Å². The predicted octanol–water partition coefficient (Wildman–Crippen LogP) is 12.0. The Labute approximate surface area is 283 Å². The lowest BCUT2D eigenvalue weighted by atomic mass is 9.84. The zero-order valence-corrected chi connectivity index (χ0v) is 26.6. The van der Waals surface area contributed by atoms with Crippen molar-refractivity contribution in [3.8, 4) is 39.3 Å². The number of para-hydroxylation sites is 4. The highest BCUT2D eigenvalue weighted by molar-refractivity contribution is 6.27. The Morgan fingerprint density at radius 2 is 1.02 bits per heavy atom. The second kappa shape index (κ2) is 11.0. The van der Waals surface area contributed by atoms with Crippen LogP contribution in [-0.2, 0) is 0 Å². The molecule has 0 spiro atoms. The van der Waals surface area contributed by atoms with E-state index in [1.54, 1.807) is 0 Å². The topological polar surface area (TPSA) is 30.7 Å². The van der Waals surface area contributed by atoms with Gasteiger partial charge in [-0.2, -0.15) is 0 Å². The summed E-state index contributed by atoms with van der Waals surface area (Å²) < 4.78 is 2.25. The average molecular weight is 624 g/mol. The first-order valence-corrected chi connectivity index (χ1v) is 16.7. The molecule has 228 valence electrons. The summed E-state index contributed by atoms with van der Waals surface area (Å²) in [5.74, 6) is 0.924. The summed E-state index contributed by atoms with van der Waals surface area (Å²) in [5, 5.41) is 8.43. The molecule has 3 heteroatoms. The fraction of sp³-hybridized carbons (Fsp3) is 0. The smallest absolute Gasteiger partial charge is 0.145 e. The SMILES string of the molecule is c1ccc(-n2c(-c3ccc(-c4c5ccccc5c(-c5ccc6ccccc6c5)c5c4cnc4ccccc45)cc3)nc3ccccc32)cc1. The van der Waals surface area contributed by atoms with Crippen molar-refractivity contribution in [2.75, 3.05) is 0 Å². The van der Waals surface area contributed by atoms with E-state index in [4.69, 9.17) is 9.97 Å². The van der Waals surface area contributed by atoms with E-state index < -0.39 is 0 Å². The molecule has 0 radical (unpaired) electrons. The first kappa shape index (κ1) is 27.5. The van der Waals surface area contributed by atoms with E-state index >= 15 is 0 Å². The molecular formula is C46H29N3. The summed E-state index contributed by atoms with van der Waals surface area (Å²) in [5.41, 5.74) is 10.0. The van der Waals surface area contributed by atoms with Crippen molar-refractivity contribution >= 4 is 54.3 Å². The largest absolute Gasteiger partial charge is 0.292 e. The molecule has 10 aromatic rings. The monoisotopic (exact) mass is 623 g/mol. The van der Waals surface area contributed by atoms with Crippen LogP contribution in [0, 0.1) is 0 Å². The van der Waals surface area contributed by atoms with Crippen molar-refractivity contribution in [3.05, 3.63) is 176 Å². The molecule has 2 aromatic heterocycles. The van der Waals surface area contributed by atoms with Crippen molar-refractivity contribution in [3.63, 3.8) is 0 Å². The standard InChI is InChI=1S/C46H29N3/c1-2-14-35(15-3-1)49-42-21-11-10-20-41(42)48-46(49)32-25-23-31(24-26-32)43-36-16-6-7-17-37(36)44(34-27-22-30-12-4-5-13-33(30)28-34)45-38-18-8-9-19-40(38)47-29-39(43)45/h1-29H. The highest BCUT2D eigenvalue weighted by Crippen LogP contribution is 2.46. The van der Waals surface area contributed by atoms with Gasteiger partial charge in [0.25, 0.3) is 0 Å². The Morgan fingerprint density at radius 1 is 0.408 bits per heavy atom. The average Bonchev–Trinajstić information content (AvgIpc) is 3.57. The van der Waals surface area contributed by atoms with Crippen LogP contribution < -0.4 is 0 Å². The van der Waals surface area contributed by atoms with Crippen LogP contribution in [0.25, 0.3) is 93.6 Å². The summed E-state index contributed by atoms with van der Waals surface area (Å²) in [4.78, 5) is 10.1. The van der Waals surface area contributed by atoms with Gasteiger partial charge in [0.15, 0.2) is 0 Å². The summed E-state index contributed by atoms with van der Waals surface area (Å²) in [6.45, 7) is 0. The molecule has 0 bridgehead atoms. The molecule has 0 aliphatic rings. The lowest BCUT2D eigenvalue weighted by molar-refractivity contribution is 1.10. The molecule has 0 unspecified atom stereocenters. The van der Waals surface area contributed by atoms with Crippen molar-refractivity contribution in [2.24, 2.45) is 0 Å². The van der Waals surface area contributed by atoms with Crippen molar-refractivity contribution < 1.29 is 0 Å². The molecule has 0 aliphatic heterocycles. The minimum atomic E-state index is 0.924. The van der Waals surface area contributed by atoms with Gasteiger partial charge in [-0.1, -0.05) is 133 Å². The van der Waals surface area contributed by atoms with Crippen LogP contribution in [0.4, 0.5) is 0 Å². The third-order valence-electron chi connectivity index (χ3n) is 9.81. The molecule has 8 aromatic carbocycles. The Hall–Kier alpha value is -6.58. The van der Waals surface area contributed by atoms with E-state index in [0.29, 0.717) is 0 Å². The molecule has 0 saturated heterocycles. The Bertz CT molecular complexity index is 2870. The normalized spacial score (nSPS) is 11.7. The number of hydrogen-bond donors (Lipinski definition) is 0. The number of pyridine rings is 1. The summed E-state index contributed by atoms with van der Waals surface area (Å²) in [6.07, 6.45) is 2.08. The van der Waals surface area contributed by atoms with Gasteiger partial charge in [-0.25, -0.2) is 4.98 Å². The van der Waals surface area contributed by atoms with Gasteiger partial charge in [-0.3, -0.25) is 9.55 Å². The maximum absolute atomic E-state index is 5.12. The molecule has 0 saturated carbocycles. The van der Waals surface area contributed by atoms with E-state index in [2.05, 4.69) is 175 Å². The maximum Gasteiger partial charge on any atom is 0.145 e. The number of benzene rings is 8. The number of rotatable bonds is 4. The molecule has 0 fully saturated rings. The molecule has 10 rings (SSSR count). The van der Waals surface area contributed by atoms with Crippen molar-refractivity contribution in [1.29, 1.82) is 0 Å². The first-order chi connectivity index (χ1) is 24.3. The van der Waals surface area contributed by atoms with Gasteiger partial charge in [0.1, 0.15) is 5.82 Å². The molecule has 0 aliphatic carbocycles. The lowest BCUT2D eigenvalue weighted by Crippen LogP contribution is -1.97. The fourth-order valence-corrected chi connectivity index (χ4v) is 7.60. The number of nitrogens with zero attached hydrogens (tertiary/aromatic N) is 3. The van der Waals surface area contributed by atoms with Gasteiger partial charge in [0.05, 0.1) is 16.6 Å². The number of hydrogen-bond acceptors (Lipinski definition) is 2. The van der Waals surface area contributed by atoms with Crippen LogP contribution >= 0.6 is 0 Å². The highest BCUT2D eigenvalue weighted by Gasteiger charge is 2.20. The number of fused-ring (bicyclic) bond motifs is 6. The molecule has 0 amide bonds. The Balaban J connectivity index is 1.23. The summed E-state index contributed by atoms with van der Waals surface area (Å²) in [7, 11) is 0. The molecular weight excluding hydrogens is 595 g/mol. The third kappa shape index (κ3) is 4.37. The van der Waals surface area contributed by atoms with E-state index in [1.165, 1.54) is 43.6 Å². The van der Waals surface area contributed by atoms with Crippen LogP contribution in [0.3, 0.4) is 0 Å². The summed E-state index contributed by atoms with van der Waals surface area (Å²) in [6, 6.07) is 60.5. The van der Waals surface area contributed by atoms with E-state index in [0.717, 1.165) is 50.0 Å². The quantitative estimate of drug-likeness (QED) is 0.144. The van der Waals surface area contributed by atoms with Gasteiger partial charge < -0.3 is 0 Å². The second-order valence-corrected chi connectivity index (χ2v) is 12.6. The molecule has 2 heterocycles. The minimum absolute atomic E-state index is 0.924. The van der Waals surface area contributed by atoms with Crippen LogP contribution in [0.15, 0.2) is 176 Å². The van der Waals surface area contributed by atoms with Crippen molar-refractivity contribution in [2.45, 2.75) is 0 Å². The van der Waals surface area contributed by atoms with Crippen molar-refractivity contribution in [1.82, 2.24) is 14.5 Å².